The molecule has 0 aromatic heterocycles. The SMILES string of the molecule is COC(=O)/C=C/CC[C@@H]1ON2[C@@H]3[C@H]4CC[C@@](C)([C@@H]3O[C@H]2[C@@]1(C)[N+](=O)[O-])C4(C)C. The minimum absolute atomic E-state index is 0.00624. The molecule has 0 unspecified atom stereocenters. The van der Waals surface area contributed by atoms with Gasteiger partial charge in [0.2, 0.25) is 6.23 Å². The van der Waals surface area contributed by atoms with Crippen LogP contribution in [0.4, 0.5) is 0 Å². The van der Waals surface area contributed by atoms with Crippen molar-refractivity contribution in [3.63, 3.8) is 0 Å². The number of methoxy groups -OCH3 is 1. The molecule has 4 rings (SSSR count). The van der Waals surface area contributed by atoms with Crippen LogP contribution < -0.4 is 0 Å². The van der Waals surface area contributed by atoms with Gasteiger partial charge in [0.15, 0.2) is 6.10 Å². The number of ether oxygens (including phenoxy) is 2. The molecule has 2 saturated heterocycles. The van der Waals surface area contributed by atoms with Gasteiger partial charge < -0.3 is 9.47 Å². The Morgan fingerprint density at radius 1 is 1.36 bits per heavy atom. The van der Waals surface area contributed by atoms with Gasteiger partial charge in [-0.25, -0.2) is 4.79 Å². The van der Waals surface area contributed by atoms with E-state index in [0.717, 1.165) is 12.8 Å². The standard InChI is InChI=1S/C20H30N2O6/c1-18(2)12-10-11-19(18,3)16-15(12)21-17(27-16)20(4,22(24)25)13(28-21)8-6-7-9-14(23)26-5/h7,9,12-13,15-17H,6,8,10-11H2,1-5H3/b9-7+/t12-,13+,15-,16-,17+,19+,20+/m1/s1. The number of hydrogen-bond acceptors (Lipinski definition) is 7. The second-order valence-corrected chi connectivity index (χ2v) is 9.62. The van der Waals surface area contributed by atoms with E-state index in [1.54, 1.807) is 13.0 Å². The van der Waals surface area contributed by atoms with Crippen molar-refractivity contribution in [2.24, 2.45) is 16.7 Å². The maximum absolute atomic E-state index is 12.1. The number of allylic oxidation sites excluding steroid dienone is 1. The normalized spacial score (nSPS) is 46.1. The van der Waals surface area contributed by atoms with Crippen molar-refractivity contribution in [3.05, 3.63) is 22.3 Å². The third-order valence-electron chi connectivity index (χ3n) is 8.37. The molecular formula is C20H30N2O6. The van der Waals surface area contributed by atoms with Crippen LogP contribution in [0.25, 0.3) is 0 Å². The van der Waals surface area contributed by atoms with Crippen molar-refractivity contribution in [3.8, 4) is 0 Å². The van der Waals surface area contributed by atoms with Gasteiger partial charge in [-0.3, -0.25) is 15.0 Å². The molecule has 0 aromatic carbocycles. The first kappa shape index (κ1) is 19.8. The average Bonchev–Trinajstić information content (AvgIpc) is 3.26. The molecule has 0 aromatic rings. The molecule has 2 aliphatic heterocycles. The van der Waals surface area contributed by atoms with Crippen LogP contribution in [0.2, 0.25) is 0 Å². The fourth-order valence-corrected chi connectivity index (χ4v) is 6.13. The third kappa shape index (κ3) is 2.31. The fraction of sp³-hybridized carbons (Fsp3) is 0.850. The highest BCUT2D eigenvalue weighted by atomic mass is 16.8. The quantitative estimate of drug-likeness (QED) is 0.306. The molecule has 2 aliphatic carbocycles. The first-order valence-corrected chi connectivity index (χ1v) is 10.1. The van der Waals surface area contributed by atoms with E-state index in [9.17, 15) is 14.9 Å². The number of nitrogens with zero attached hydrogens (tertiary/aromatic N) is 2. The molecule has 7 atom stereocenters. The number of nitro groups is 1. The molecule has 4 aliphatic rings. The maximum atomic E-state index is 12.1. The number of carbonyl (C=O) groups is 1. The largest absolute Gasteiger partial charge is 0.466 e. The molecule has 0 N–H and O–H groups in total. The minimum Gasteiger partial charge on any atom is -0.466 e. The maximum Gasteiger partial charge on any atom is 0.330 e. The molecular weight excluding hydrogens is 364 g/mol. The zero-order valence-corrected chi connectivity index (χ0v) is 17.2. The highest BCUT2D eigenvalue weighted by molar-refractivity contribution is 5.81. The highest BCUT2D eigenvalue weighted by Gasteiger charge is 2.78. The lowest BCUT2D eigenvalue weighted by Gasteiger charge is -2.38. The van der Waals surface area contributed by atoms with Crippen LogP contribution >= 0.6 is 0 Å². The third-order valence-corrected chi connectivity index (χ3v) is 8.37. The lowest BCUT2D eigenvalue weighted by molar-refractivity contribution is -0.582. The summed E-state index contributed by atoms with van der Waals surface area (Å²) in [5.74, 6) is -0.0323. The Bertz CT molecular complexity index is 723. The Morgan fingerprint density at radius 2 is 2.07 bits per heavy atom. The van der Waals surface area contributed by atoms with Crippen LogP contribution in [0.1, 0.15) is 53.4 Å². The molecule has 8 heteroatoms. The molecule has 2 bridgehead atoms. The van der Waals surface area contributed by atoms with Crippen molar-refractivity contribution in [2.45, 2.75) is 83.4 Å². The summed E-state index contributed by atoms with van der Waals surface area (Å²) in [6, 6.07) is 0.0636. The number of fused-ring (bicyclic) bond motifs is 7. The molecule has 28 heavy (non-hydrogen) atoms. The van der Waals surface area contributed by atoms with Crippen LogP contribution in [0.15, 0.2) is 12.2 Å². The van der Waals surface area contributed by atoms with E-state index in [0.29, 0.717) is 18.8 Å². The summed E-state index contributed by atoms with van der Waals surface area (Å²) in [5, 5.41) is 13.9. The average molecular weight is 394 g/mol. The second-order valence-electron chi connectivity index (χ2n) is 9.62. The zero-order valence-electron chi connectivity index (χ0n) is 17.2. The summed E-state index contributed by atoms with van der Waals surface area (Å²) in [6.45, 7) is 8.47. The lowest BCUT2D eigenvalue weighted by atomic mass is 9.70. The van der Waals surface area contributed by atoms with Crippen molar-refractivity contribution in [2.75, 3.05) is 7.11 Å². The van der Waals surface area contributed by atoms with Gasteiger partial charge >= 0.3 is 5.97 Å². The molecule has 4 fully saturated rings. The molecule has 0 radical (unpaired) electrons. The van der Waals surface area contributed by atoms with Crippen LogP contribution in [0.3, 0.4) is 0 Å². The molecule has 0 amide bonds. The van der Waals surface area contributed by atoms with Crippen LogP contribution in [0, 0.1) is 26.9 Å². The van der Waals surface area contributed by atoms with Crippen LogP contribution in [-0.4, -0.2) is 53.1 Å². The minimum atomic E-state index is -1.34. The first-order valence-electron chi connectivity index (χ1n) is 10.1. The van der Waals surface area contributed by atoms with E-state index in [1.165, 1.54) is 13.2 Å². The van der Waals surface area contributed by atoms with Crippen LogP contribution in [0.5, 0.6) is 0 Å². The molecule has 2 saturated carbocycles. The van der Waals surface area contributed by atoms with Crippen molar-refractivity contribution < 1.29 is 24.0 Å². The number of carbonyl (C=O) groups excluding carboxylic acids is 1. The van der Waals surface area contributed by atoms with Crippen molar-refractivity contribution in [1.29, 1.82) is 0 Å². The molecule has 0 spiro atoms. The van der Waals surface area contributed by atoms with E-state index in [2.05, 4.69) is 25.5 Å². The number of hydrogen-bond donors (Lipinski definition) is 0. The summed E-state index contributed by atoms with van der Waals surface area (Å²) in [7, 11) is 1.32. The fourth-order valence-electron chi connectivity index (χ4n) is 6.13. The van der Waals surface area contributed by atoms with Gasteiger partial charge in [-0.05, 0) is 37.0 Å². The predicted octanol–water partition coefficient (Wildman–Crippen LogP) is 2.70. The lowest BCUT2D eigenvalue weighted by Crippen LogP contribution is -2.53. The van der Waals surface area contributed by atoms with Gasteiger partial charge in [0.25, 0.3) is 5.54 Å². The Hall–Kier alpha value is -1.51. The Labute approximate surface area is 165 Å². The van der Waals surface area contributed by atoms with Gasteiger partial charge in [-0.1, -0.05) is 26.8 Å². The van der Waals surface area contributed by atoms with E-state index in [4.69, 9.17) is 9.57 Å². The van der Waals surface area contributed by atoms with Gasteiger partial charge in [-0.15, -0.1) is 5.06 Å². The molecule has 2 heterocycles. The summed E-state index contributed by atoms with van der Waals surface area (Å²) in [6.07, 6.45) is 4.80. The number of rotatable bonds is 5. The highest BCUT2D eigenvalue weighted by Crippen LogP contribution is 2.70. The van der Waals surface area contributed by atoms with Crippen molar-refractivity contribution >= 4 is 5.97 Å². The predicted molar refractivity (Wildman–Crippen MR) is 99.6 cm³/mol. The molecule has 156 valence electrons. The summed E-state index contributed by atoms with van der Waals surface area (Å²) >= 11 is 0. The Balaban J connectivity index is 1.56. The zero-order chi connectivity index (χ0) is 20.5. The van der Waals surface area contributed by atoms with E-state index >= 15 is 0 Å². The summed E-state index contributed by atoms with van der Waals surface area (Å²) in [4.78, 5) is 29.3. The van der Waals surface area contributed by atoms with Gasteiger partial charge in [0, 0.05) is 23.3 Å². The Kier molecular flexibility index (Phi) is 4.41. The Morgan fingerprint density at radius 3 is 2.71 bits per heavy atom. The monoisotopic (exact) mass is 394 g/mol. The topological polar surface area (TPSA) is 91.1 Å². The second kappa shape index (κ2) is 6.24. The summed E-state index contributed by atoms with van der Waals surface area (Å²) < 4.78 is 11.0. The van der Waals surface area contributed by atoms with Gasteiger partial charge in [0.1, 0.15) is 0 Å². The van der Waals surface area contributed by atoms with E-state index in [1.807, 2.05) is 5.06 Å². The first-order chi connectivity index (χ1) is 13.1. The summed E-state index contributed by atoms with van der Waals surface area (Å²) in [5.41, 5.74) is -1.22. The number of hydroxylamine groups is 2. The van der Waals surface area contributed by atoms with Gasteiger partial charge in [0.05, 0.1) is 19.3 Å². The smallest absolute Gasteiger partial charge is 0.330 e. The number of esters is 1. The van der Waals surface area contributed by atoms with Gasteiger partial charge in [-0.2, -0.15) is 0 Å². The van der Waals surface area contributed by atoms with Crippen LogP contribution in [-0.2, 0) is 19.1 Å². The van der Waals surface area contributed by atoms with Crippen molar-refractivity contribution in [1.82, 2.24) is 5.06 Å². The van der Waals surface area contributed by atoms with E-state index in [-0.39, 0.29) is 27.9 Å². The molecule has 8 nitrogen and oxygen atoms in total. The van der Waals surface area contributed by atoms with E-state index < -0.39 is 23.8 Å².